The zero-order valence-corrected chi connectivity index (χ0v) is 8.02. The van der Waals surface area contributed by atoms with Gasteiger partial charge in [-0.1, -0.05) is 13.3 Å². The van der Waals surface area contributed by atoms with Crippen molar-refractivity contribution in [2.45, 2.75) is 26.2 Å². The number of rotatable bonds is 7. The number of hydrogen-bond donors (Lipinski definition) is 0. The Kier molecular flexibility index (Phi) is 9.78. The van der Waals surface area contributed by atoms with E-state index in [0.717, 1.165) is 32.7 Å². The van der Waals surface area contributed by atoms with Crippen LogP contribution in [0.5, 0.6) is 0 Å². The van der Waals surface area contributed by atoms with E-state index in [9.17, 15) is 0 Å². The lowest BCUT2D eigenvalue weighted by Gasteiger charge is -2.00. The molecule has 0 saturated carbocycles. The van der Waals surface area contributed by atoms with E-state index in [-0.39, 0.29) is 0 Å². The maximum absolute atomic E-state index is 5.28. The molecule has 0 radical (unpaired) electrons. The van der Waals surface area contributed by atoms with Crippen molar-refractivity contribution in [3.63, 3.8) is 0 Å². The second kappa shape index (κ2) is 9.40. The molecule has 0 rings (SSSR count). The van der Waals surface area contributed by atoms with Gasteiger partial charge in [0.05, 0.1) is 22.9 Å². The van der Waals surface area contributed by atoms with Crippen LogP contribution in [0.15, 0.2) is 0 Å². The van der Waals surface area contributed by atoms with E-state index in [4.69, 9.17) is 4.74 Å². The Morgan fingerprint density at radius 1 is 1.10 bits per heavy atom. The molecule has 0 aliphatic heterocycles. The smallest absolute Gasteiger partial charge is 0.0987 e. The molecule has 0 amide bonds. The third-order valence-corrected chi connectivity index (χ3v) is 1.48. The van der Waals surface area contributed by atoms with E-state index in [1.165, 1.54) is 6.42 Å². The summed E-state index contributed by atoms with van der Waals surface area (Å²) in [6.45, 7) is 4.58. The molecule has 0 unspecified atom stereocenters. The van der Waals surface area contributed by atoms with Crippen LogP contribution in [0, 0.1) is 0 Å². The van der Waals surface area contributed by atoms with Crippen LogP contribution in [-0.4, -0.2) is 19.8 Å². The predicted octanol–water partition coefficient (Wildman–Crippen LogP) is 2.52. The van der Waals surface area contributed by atoms with Crippen LogP contribution in [0.4, 0.5) is 0 Å². The fourth-order valence-electron chi connectivity index (χ4n) is 0.564. The Morgan fingerprint density at radius 3 is 2.40 bits per heavy atom. The minimum absolute atomic E-state index is 0.728. The average Bonchev–Trinajstić information content (AvgIpc) is 1.97. The summed E-state index contributed by atoms with van der Waals surface area (Å²) in [5.74, 6) is 0. The lowest BCUT2D eigenvalue weighted by atomic mass is 10.4. The Hall–Kier alpha value is 0.400. The van der Waals surface area contributed by atoms with Crippen LogP contribution >= 0.6 is 16.3 Å². The predicted molar refractivity (Wildman–Crippen MR) is 45.2 cm³/mol. The van der Waals surface area contributed by atoms with Crippen LogP contribution in [0.2, 0.25) is 0 Å². The molecular formula is C7H15BrO2. The van der Waals surface area contributed by atoms with E-state index < -0.39 is 0 Å². The highest BCUT2D eigenvalue weighted by Crippen LogP contribution is 1.92. The molecule has 0 aliphatic carbocycles. The third-order valence-electron chi connectivity index (χ3n) is 1.15. The summed E-state index contributed by atoms with van der Waals surface area (Å²) in [5.41, 5.74) is 0. The summed E-state index contributed by atoms with van der Waals surface area (Å²) in [6.07, 6.45) is 3.33. The van der Waals surface area contributed by atoms with Gasteiger partial charge in [0, 0.05) is 13.2 Å². The molecule has 0 aliphatic rings. The molecule has 0 bridgehead atoms. The summed E-state index contributed by atoms with van der Waals surface area (Å²) < 4.78 is 9.96. The van der Waals surface area contributed by atoms with E-state index in [1.807, 2.05) is 0 Å². The standard InChI is InChI=1S/C7H15BrO2/c1-2-3-5-9-6-4-7-10-8/h2-7H2,1H3. The first-order chi connectivity index (χ1) is 4.91. The van der Waals surface area contributed by atoms with Gasteiger partial charge in [-0.05, 0) is 12.8 Å². The van der Waals surface area contributed by atoms with Crippen molar-refractivity contribution in [2.75, 3.05) is 19.8 Å². The summed E-state index contributed by atoms with van der Waals surface area (Å²) in [5, 5.41) is 0. The molecule has 0 atom stereocenters. The number of halogens is 1. The van der Waals surface area contributed by atoms with Gasteiger partial charge in [-0.15, -0.1) is 0 Å². The van der Waals surface area contributed by atoms with Crippen molar-refractivity contribution >= 4 is 16.3 Å². The first-order valence-corrected chi connectivity index (χ1v) is 4.37. The summed E-state index contributed by atoms with van der Waals surface area (Å²) in [6, 6.07) is 0. The van der Waals surface area contributed by atoms with E-state index >= 15 is 0 Å². The highest BCUT2D eigenvalue weighted by Gasteiger charge is 1.87. The molecule has 0 fully saturated rings. The van der Waals surface area contributed by atoms with Crippen molar-refractivity contribution in [1.29, 1.82) is 0 Å². The maximum atomic E-state index is 5.28. The van der Waals surface area contributed by atoms with Crippen molar-refractivity contribution in [1.82, 2.24) is 0 Å². The topological polar surface area (TPSA) is 18.5 Å². The molecule has 0 aromatic rings. The van der Waals surface area contributed by atoms with Gasteiger partial charge in [0.2, 0.25) is 0 Å². The van der Waals surface area contributed by atoms with Crippen molar-refractivity contribution in [3.05, 3.63) is 0 Å². The van der Waals surface area contributed by atoms with Crippen LogP contribution in [0.1, 0.15) is 26.2 Å². The highest BCUT2D eigenvalue weighted by molar-refractivity contribution is 9.06. The minimum Gasteiger partial charge on any atom is -0.381 e. The SMILES string of the molecule is CCCCOCCCOBr. The zero-order chi connectivity index (χ0) is 7.66. The van der Waals surface area contributed by atoms with Crippen LogP contribution in [0.25, 0.3) is 0 Å². The van der Waals surface area contributed by atoms with Gasteiger partial charge in [0.25, 0.3) is 0 Å². The summed E-state index contributed by atoms with van der Waals surface area (Å²) >= 11 is 2.88. The first-order valence-electron chi connectivity index (χ1n) is 3.73. The van der Waals surface area contributed by atoms with Crippen LogP contribution in [0.3, 0.4) is 0 Å². The fourth-order valence-corrected chi connectivity index (χ4v) is 0.793. The number of hydrogen-bond acceptors (Lipinski definition) is 2. The van der Waals surface area contributed by atoms with Gasteiger partial charge in [-0.25, -0.2) is 0 Å². The van der Waals surface area contributed by atoms with Gasteiger partial charge in [0.1, 0.15) is 0 Å². The Balaban J connectivity index is 2.65. The largest absolute Gasteiger partial charge is 0.381 e. The van der Waals surface area contributed by atoms with E-state index in [2.05, 4.69) is 27.0 Å². The third kappa shape index (κ3) is 8.40. The molecular weight excluding hydrogens is 196 g/mol. The molecule has 2 nitrogen and oxygen atoms in total. The lowest BCUT2D eigenvalue weighted by molar-refractivity contribution is 0.120. The van der Waals surface area contributed by atoms with E-state index in [1.54, 1.807) is 0 Å². The Bertz CT molecular complexity index is 51.6. The number of ether oxygens (including phenoxy) is 1. The van der Waals surface area contributed by atoms with Gasteiger partial charge in [-0.3, -0.25) is 0 Å². The molecule has 0 saturated heterocycles. The first kappa shape index (κ1) is 10.4. The van der Waals surface area contributed by atoms with Gasteiger partial charge in [0.15, 0.2) is 0 Å². The molecule has 0 heterocycles. The summed E-state index contributed by atoms with van der Waals surface area (Å²) in [7, 11) is 0. The minimum atomic E-state index is 0.728. The van der Waals surface area contributed by atoms with Crippen LogP contribution < -0.4 is 0 Å². The van der Waals surface area contributed by atoms with Gasteiger partial charge in [-0.2, -0.15) is 0 Å². The number of unbranched alkanes of at least 4 members (excludes halogenated alkanes) is 1. The quantitative estimate of drug-likeness (QED) is 0.602. The highest BCUT2D eigenvalue weighted by atomic mass is 79.9. The zero-order valence-electron chi connectivity index (χ0n) is 6.44. The van der Waals surface area contributed by atoms with Crippen molar-refractivity contribution < 1.29 is 8.57 Å². The molecule has 0 aromatic heterocycles. The van der Waals surface area contributed by atoms with Crippen LogP contribution in [-0.2, 0) is 8.57 Å². The summed E-state index contributed by atoms with van der Waals surface area (Å²) in [4.78, 5) is 0. The molecule has 0 spiro atoms. The molecule has 0 aromatic carbocycles. The lowest BCUT2D eigenvalue weighted by Crippen LogP contribution is -1.98. The molecule has 62 valence electrons. The average molecular weight is 211 g/mol. The molecule has 0 N–H and O–H groups in total. The van der Waals surface area contributed by atoms with Gasteiger partial charge < -0.3 is 8.57 Å². The van der Waals surface area contributed by atoms with Crippen molar-refractivity contribution in [2.24, 2.45) is 0 Å². The monoisotopic (exact) mass is 210 g/mol. The normalized spacial score (nSPS) is 10.2. The van der Waals surface area contributed by atoms with Gasteiger partial charge >= 0.3 is 0 Å². The Labute approximate surface area is 71.3 Å². The van der Waals surface area contributed by atoms with Crippen molar-refractivity contribution in [3.8, 4) is 0 Å². The Morgan fingerprint density at radius 2 is 1.80 bits per heavy atom. The fraction of sp³-hybridized carbons (Fsp3) is 1.00. The second-order valence-corrected chi connectivity index (χ2v) is 2.59. The maximum Gasteiger partial charge on any atom is 0.0987 e. The molecule has 10 heavy (non-hydrogen) atoms. The van der Waals surface area contributed by atoms with E-state index in [0.29, 0.717) is 0 Å². The molecule has 3 heteroatoms. The second-order valence-electron chi connectivity index (χ2n) is 2.13.